The van der Waals surface area contributed by atoms with E-state index < -0.39 is 35.2 Å². The van der Waals surface area contributed by atoms with Gasteiger partial charge in [0.05, 0.1) is 19.0 Å². The van der Waals surface area contributed by atoms with Crippen molar-refractivity contribution in [1.29, 1.82) is 0 Å². The van der Waals surface area contributed by atoms with E-state index in [1.807, 2.05) is 6.07 Å². The van der Waals surface area contributed by atoms with Crippen molar-refractivity contribution in [3.63, 3.8) is 0 Å². The normalized spacial score (nSPS) is 24.3. The van der Waals surface area contributed by atoms with E-state index >= 15 is 0 Å². The van der Waals surface area contributed by atoms with Crippen LogP contribution in [0.25, 0.3) is 0 Å². The molecule has 1 unspecified atom stereocenters. The van der Waals surface area contributed by atoms with E-state index in [9.17, 15) is 19.8 Å². The molecule has 1 aromatic carbocycles. The molecule has 0 spiro atoms. The Bertz CT molecular complexity index is 677. The smallest absolute Gasteiger partial charge is 0.336 e. The fourth-order valence-electron chi connectivity index (χ4n) is 4.90. The zero-order chi connectivity index (χ0) is 18.5. The third-order valence-electron chi connectivity index (χ3n) is 4.74. The average Bonchev–Trinajstić information content (AvgIpc) is 2.32. The van der Waals surface area contributed by atoms with E-state index in [4.69, 9.17) is 4.43 Å². The maximum atomic E-state index is 11.5. The maximum absolute atomic E-state index is 11.5. The fraction of sp³-hybridized carbons (Fsp3) is 0.500. The molecule has 0 bridgehead atoms. The summed E-state index contributed by atoms with van der Waals surface area (Å²) in [5, 5.41) is 19.7. The summed E-state index contributed by atoms with van der Waals surface area (Å²) in [5.41, 5.74) is -0.367. The summed E-state index contributed by atoms with van der Waals surface area (Å²) in [4.78, 5) is 22.8. The lowest BCUT2D eigenvalue weighted by Gasteiger charge is -2.53. The molecule has 2 N–H and O–H groups in total. The summed E-state index contributed by atoms with van der Waals surface area (Å²) in [6.07, 6.45) is 0. The minimum absolute atomic E-state index is 0.105. The lowest BCUT2D eigenvalue weighted by Crippen LogP contribution is -2.75. The molecule has 1 heterocycles. The first-order valence-electron chi connectivity index (χ1n) is 8.07. The lowest BCUT2D eigenvalue weighted by molar-refractivity contribution is 0.0651. The lowest BCUT2D eigenvalue weighted by atomic mass is 10.1. The van der Waals surface area contributed by atoms with Crippen LogP contribution < -0.4 is 5.19 Å². The molecule has 1 aliphatic rings. The number of carbonyl (C=O) groups is 2. The molecule has 1 saturated heterocycles. The Labute approximate surface area is 146 Å². The van der Waals surface area contributed by atoms with Crippen molar-refractivity contribution in [1.82, 2.24) is 0 Å². The number of hydrogen-bond donors (Lipinski definition) is 2. The molecule has 8 heteroatoms. The van der Waals surface area contributed by atoms with E-state index in [2.05, 4.69) is 40.0 Å². The molecule has 5 nitrogen and oxygen atoms in total. The third kappa shape index (κ3) is 3.56. The van der Waals surface area contributed by atoms with E-state index in [0.717, 1.165) is 11.2 Å². The predicted molar refractivity (Wildman–Crippen MR) is 102 cm³/mol. The number of hydrogen-bond acceptors (Lipinski definition) is 3. The van der Waals surface area contributed by atoms with Gasteiger partial charge in [0.2, 0.25) is 0 Å². The molecule has 2 rings (SSSR count). The second kappa shape index (κ2) is 5.94. The van der Waals surface area contributed by atoms with Crippen molar-refractivity contribution in [2.75, 3.05) is 0 Å². The van der Waals surface area contributed by atoms with Crippen molar-refractivity contribution in [3.8, 4) is 0 Å². The van der Waals surface area contributed by atoms with E-state index in [0.29, 0.717) is 0 Å². The molecule has 0 aliphatic carbocycles. The Hall–Kier alpha value is -1.23. The first kappa shape index (κ1) is 19.1. The molecule has 0 radical (unpaired) electrons. The Morgan fingerprint density at radius 3 is 2.08 bits per heavy atom. The van der Waals surface area contributed by atoms with E-state index in [1.165, 1.54) is 6.07 Å². The SMILES string of the molecule is CC1(C)C[Si](C)(C)[SiH](c2ccc(C(=O)O)c(C(=O)O)c2)[Si](C)(C)O1. The van der Waals surface area contributed by atoms with Crippen LogP contribution in [0.2, 0.25) is 32.2 Å². The van der Waals surface area contributed by atoms with Gasteiger partial charge in [-0.3, -0.25) is 0 Å². The zero-order valence-corrected chi connectivity index (χ0v) is 18.3. The maximum Gasteiger partial charge on any atom is 0.336 e. The second-order valence-electron chi connectivity index (χ2n) is 8.48. The zero-order valence-electron chi connectivity index (χ0n) is 15.1. The summed E-state index contributed by atoms with van der Waals surface area (Å²) in [5.74, 6) is -2.38. The molecule has 1 atom stereocenters. The monoisotopic (exact) mass is 382 g/mol. The van der Waals surface area contributed by atoms with Gasteiger partial charge in [0.15, 0.2) is 7.83 Å². The summed E-state index contributed by atoms with van der Waals surface area (Å²) in [7, 11) is -5.08. The molecular weight excluding hydrogens is 356 g/mol. The van der Waals surface area contributed by atoms with Crippen LogP contribution >= 0.6 is 0 Å². The number of aromatic carboxylic acids is 2. The van der Waals surface area contributed by atoms with Crippen LogP contribution in [0.1, 0.15) is 34.6 Å². The number of benzene rings is 1. The first-order valence-corrected chi connectivity index (χ1v) is 18.4. The molecule has 0 amide bonds. The number of carboxylic acid groups (broad SMARTS) is 2. The van der Waals surface area contributed by atoms with Gasteiger partial charge in [-0.1, -0.05) is 24.3 Å². The van der Waals surface area contributed by atoms with Gasteiger partial charge in [0, 0.05) is 13.2 Å². The fourth-order valence-corrected chi connectivity index (χ4v) is 47.0. The Morgan fingerprint density at radius 1 is 1.08 bits per heavy atom. The number of rotatable bonds is 3. The highest BCUT2D eigenvalue weighted by atomic mass is 29.6. The molecule has 0 saturated carbocycles. The molecular formula is C16H26O5Si3. The van der Waals surface area contributed by atoms with Crippen molar-refractivity contribution < 1.29 is 24.2 Å². The summed E-state index contributed by atoms with van der Waals surface area (Å²) in [6, 6.07) is 5.98. The van der Waals surface area contributed by atoms with Crippen molar-refractivity contribution >= 4 is 40.4 Å². The van der Waals surface area contributed by atoms with Crippen LogP contribution in [0.15, 0.2) is 18.2 Å². The minimum Gasteiger partial charge on any atom is -0.478 e. The van der Waals surface area contributed by atoms with E-state index in [1.54, 1.807) is 6.07 Å². The summed E-state index contributed by atoms with van der Waals surface area (Å²) in [6.45, 7) is 13.5. The third-order valence-corrected chi connectivity index (χ3v) is 36.7. The standard InChI is InChI=1S/C16H26O5Si3/c1-16(2)10-23(3,4)22(24(5,6)21-16)11-7-8-12(14(17)18)13(9-11)15(19)20/h7-9,22H,10H2,1-6H3,(H,17,18)(H,19,20). The largest absolute Gasteiger partial charge is 0.478 e. The van der Waals surface area contributed by atoms with Crippen LogP contribution in [0.3, 0.4) is 0 Å². The van der Waals surface area contributed by atoms with Crippen molar-refractivity contribution in [2.45, 2.75) is 51.7 Å². The van der Waals surface area contributed by atoms with Crippen LogP contribution in [0, 0.1) is 0 Å². The summed E-state index contributed by atoms with van der Waals surface area (Å²) < 4.78 is 6.51. The second-order valence-corrected chi connectivity index (χ2v) is 31.8. The highest BCUT2D eigenvalue weighted by Gasteiger charge is 2.55. The van der Waals surface area contributed by atoms with Gasteiger partial charge >= 0.3 is 11.9 Å². The van der Waals surface area contributed by atoms with Gasteiger partial charge in [-0.15, -0.1) is 0 Å². The Balaban J connectivity index is 2.60. The highest BCUT2D eigenvalue weighted by Crippen LogP contribution is 2.37. The molecule has 132 valence electrons. The van der Waals surface area contributed by atoms with Gasteiger partial charge in [-0.25, -0.2) is 9.59 Å². The van der Waals surface area contributed by atoms with Gasteiger partial charge in [0.25, 0.3) is 0 Å². The number of carboxylic acids is 2. The average molecular weight is 383 g/mol. The van der Waals surface area contributed by atoms with E-state index in [-0.39, 0.29) is 16.7 Å². The van der Waals surface area contributed by atoms with Crippen LogP contribution in [-0.2, 0) is 4.43 Å². The van der Waals surface area contributed by atoms with Crippen LogP contribution in [-0.4, -0.2) is 51.0 Å². The minimum atomic E-state index is -1.97. The Morgan fingerprint density at radius 2 is 1.62 bits per heavy atom. The quantitative estimate of drug-likeness (QED) is 0.784. The predicted octanol–water partition coefficient (Wildman–Crippen LogP) is 2.40. The molecule has 24 heavy (non-hydrogen) atoms. The van der Waals surface area contributed by atoms with Gasteiger partial charge < -0.3 is 14.6 Å². The van der Waals surface area contributed by atoms with Crippen molar-refractivity contribution in [3.05, 3.63) is 29.3 Å². The Kier molecular flexibility index (Phi) is 4.73. The van der Waals surface area contributed by atoms with Gasteiger partial charge in [-0.2, -0.15) is 0 Å². The van der Waals surface area contributed by atoms with Crippen molar-refractivity contribution in [2.24, 2.45) is 0 Å². The van der Waals surface area contributed by atoms with Crippen LogP contribution in [0.5, 0.6) is 0 Å². The first-order chi connectivity index (χ1) is 10.8. The molecule has 1 aromatic rings. The van der Waals surface area contributed by atoms with Crippen LogP contribution in [0.4, 0.5) is 0 Å². The van der Waals surface area contributed by atoms with Gasteiger partial charge in [-0.05, 0) is 45.1 Å². The summed E-state index contributed by atoms with van der Waals surface area (Å²) >= 11 is 0. The van der Waals surface area contributed by atoms with Gasteiger partial charge in [0.1, 0.15) is 0 Å². The highest BCUT2D eigenvalue weighted by molar-refractivity contribution is 7.63. The molecule has 0 aromatic heterocycles. The molecule has 1 fully saturated rings. The molecule has 1 aliphatic heterocycles. The topological polar surface area (TPSA) is 83.8 Å².